The Bertz CT molecular complexity index is 931. The summed E-state index contributed by atoms with van der Waals surface area (Å²) in [5.74, 6) is 0.702. The fourth-order valence-corrected chi connectivity index (χ4v) is 3.92. The lowest BCUT2D eigenvalue weighted by atomic mass is 10.1. The molecule has 4 nitrogen and oxygen atoms in total. The second kappa shape index (κ2) is 8.97. The number of halogens is 2. The maximum absolute atomic E-state index is 11.9. The van der Waals surface area contributed by atoms with E-state index in [1.54, 1.807) is 24.3 Å². The van der Waals surface area contributed by atoms with Crippen molar-refractivity contribution in [3.8, 4) is 11.5 Å². The van der Waals surface area contributed by atoms with E-state index in [9.17, 15) is 4.79 Å². The molecule has 0 bridgehead atoms. The summed E-state index contributed by atoms with van der Waals surface area (Å²) in [5, 5.41) is 3.58. The van der Waals surface area contributed by atoms with Gasteiger partial charge >= 0.3 is 0 Å². The molecular weight excluding hydrogens is 425 g/mol. The summed E-state index contributed by atoms with van der Waals surface area (Å²) >= 11 is 18.8. The number of hydrogen-bond donors (Lipinski definition) is 1. The maximum atomic E-state index is 11.9. The van der Waals surface area contributed by atoms with Crippen LogP contribution in [-0.4, -0.2) is 16.8 Å². The molecule has 1 N–H and O–H groups in total. The van der Waals surface area contributed by atoms with Crippen molar-refractivity contribution >= 4 is 63.5 Å². The quantitative estimate of drug-likeness (QED) is 0.478. The standard InChI is InChI=1S/C19H15Cl2NO3S2/c1-2-24-15-8-11(9-16-18(23)22-19(26)27-16)7-14(21)17(15)25-10-12-5-3-4-6-13(12)20/h3-9H,2,10H2,1H3,(H,22,23,26)/b16-9+. The Kier molecular flexibility index (Phi) is 6.65. The average molecular weight is 440 g/mol. The van der Waals surface area contributed by atoms with E-state index < -0.39 is 0 Å². The van der Waals surface area contributed by atoms with Crippen molar-refractivity contribution in [2.75, 3.05) is 6.61 Å². The number of ether oxygens (including phenoxy) is 2. The smallest absolute Gasteiger partial charge is 0.263 e. The highest BCUT2D eigenvalue weighted by Gasteiger charge is 2.22. The molecule has 3 rings (SSSR count). The first kappa shape index (κ1) is 20.0. The summed E-state index contributed by atoms with van der Waals surface area (Å²) in [6, 6.07) is 10.9. The number of nitrogens with one attached hydrogen (secondary N) is 1. The van der Waals surface area contributed by atoms with Gasteiger partial charge in [0.25, 0.3) is 5.91 Å². The van der Waals surface area contributed by atoms with E-state index in [1.165, 1.54) is 11.8 Å². The molecule has 2 aromatic carbocycles. The Hall–Kier alpha value is -1.73. The first-order valence-corrected chi connectivity index (χ1v) is 10.0. The zero-order valence-electron chi connectivity index (χ0n) is 14.3. The van der Waals surface area contributed by atoms with Gasteiger partial charge in [-0.15, -0.1) is 0 Å². The first-order valence-electron chi connectivity index (χ1n) is 8.05. The van der Waals surface area contributed by atoms with Gasteiger partial charge in [0.15, 0.2) is 11.5 Å². The fourth-order valence-electron chi connectivity index (χ4n) is 2.41. The molecule has 140 valence electrons. The highest BCUT2D eigenvalue weighted by atomic mass is 35.5. The third-order valence-corrected chi connectivity index (χ3v) is 5.41. The van der Waals surface area contributed by atoms with E-state index in [2.05, 4.69) is 5.32 Å². The summed E-state index contributed by atoms with van der Waals surface area (Å²) in [7, 11) is 0. The summed E-state index contributed by atoms with van der Waals surface area (Å²) in [6.45, 7) is 2.57. The maximum Gasteiger partial charge on any atom is 0.263 e. The van der Waals surface area contributed by atoms with Crippen LogP contribution in [0.4, 0.5) is 0 Å². The van der Waals surface area contributed by atoms with Gasteiger partial charge in [0.05, 0.1) is 16.5 Å². The topological polar surface area (TPSA) is 47.6 Å². The molecule has 1 aliphatic rings. The Morgan fingerprint density at radius 1 is 1.19 bits per heavy atom. The molecule has 0 spiro atoms. The SMILES string of the molecule is CCOc1cc(/C=C2/SC(=S)NC2=O)cc(Cl)c1OCc1ccccc1Cl. The van der Waals surface area contributed by atoms with Crippen molar-refractivity contribution in [3.05, 3.63) is 62.5 Å². The van der Waals surface area contributed by atoms with Crippen LogP contribution in [0.2, 0.25) is 10.0 Å². The van der Waals surface area contributed by atoms with E-state index in [1.807, 2.05) is 25.1 Å². The van der Waals surface area contributed by atoms with Gasteiger partial charge in [0.1, 0.15) is 10.9 Å². The van der Waals surface area contributed by atoms with E-state index in [0.29, 0.717) is 37.4 Å². The number of rotatable bonds is 6. The average Bonchev–Trinajstić information content (AvgIpc) is 2.93. The van der Waals surface area contributed by atoms with Crippen LogP contribution >= 0.6 is 47.2 Å². The minimum atomic E-state index is -0.224. The highest BCUT2D eigenvalue weighted by Crippen LogP contribution is 2.39. The van der Waals surface area contributed by atoms with Gasteiger partial charge in [-0.2, -0.15) is 0 Å². The van der Waals surface area contributed by atoms with Crippen LogP contribution in [0.3, 0.4) is 0 Å². The summed E-state index contributed by atoms with van der Waals surface area (Å²) in [6.07, 6.45) is 1.71. The molecule has 1 fully saturated rings. The predicted octanol–water partition coefficient (Wildman–Crippen LogP) is 5.46. The van der Waals surface area contributed by atoms with Crippen LogP contribution in [0.1, 0.15) is 18.1 Å². The summed E-state index contributed by atoms with van der Waals surface area (Å²) in [5.41, 5.74) is 1.56. The molecule has 1 heterocycles. The molecule has 1 saturated heterocycles. The molecule has 2 aromatic rings. The van der Waals surface area contributed by atoms with E-state index in [0.717, 1.165) is 11.1 Å². The van der Waals surface area contributed by atoms with Gasteiger partial charge in [-0.25, -0.2) is 0 Å². The van der Waals surface area contributed by atoms with E-state index in [4.69, 9.17) is 44.9 Å². The summed E-state index contributed by atoms with van der Waals surface area (Å²) in [4.78, 5) is 12.4. The number of amides is 1. The number of thiocarbonyl (C=S) groups is 1. The van der Waals surface area contributed by atoms with Gasteiger partial charge < -0.3 is 14.8 Å². The Labute approximate surface area is 176 Å². The minimum absolute atomic E-state index is 0.224. The number of benzene rings is 2. The molecule has 0 atom stereocenters. The van der Waals surface area contributed by atoms with Crippen molar-refractivity contribution in [1.82, 2.24) is 5.32 Å². The number of carbonyl (C=O) groups is 1. The highest BCUT2D eigenvalue weighted by molar-refractivity contribution is 8.26. The lowest BCUT2D eigenvalue weighted by molar-refractivity contribution is -0.115. The third-order valence-electron chi connectivity index (χ3n) is 3.60. The van der Waals surface area contributed by atoms with Crippen LogP contribution in [-0.2, 0) is 11.4 Å². The molecule has 1 aliphatic heterocycles. The molecule has 1 amide bonds. The summed E-state index contributed by atoms with van der Waals surface area (Å²) < 4.78 is 12.0. The van der Waals surface area contributed by atoms with E-state index in [-0.39, 0.29) is 12.5 Å². The van der Waals surface area contributed by atoms with Crippen LogP contribution in [0.25, 0.3) is 6.08 Å². The zero-order valence-corrected chi connectivity index (χ0v) is 17.4. The Balaban J connectivity index is 1.88. The number of carbonyl (C=O) groups excluding carboxylic acids is 1. The lowest BCUT2D eigenvalue weighted by Crippen LogP contribution is -2.17. The lowest BCUT2D eigenvalue weighted by Gasteiger charge is -2.15. The van der Waals surface area contributed by atoms with Crippen LogP contribution in [0.15, 0.2) is 41.3 Å². The second-order valence-electron chi connectivity index (χ2n) is 5.50. The molecule has 0 radical (unpaired) electrons. The Morgan fingerprint density at radius 3 is 2.63 bits per heavy atom. The molecule has 0 aromatic heterocycles. The number of thioether (sulfide) groups is 1. The monoisotopic (exact) mass is 439 g/mol. The predicted molar refractivity (Wildman–Crippen MR) is 115 cm³/mol. The van der Waals surface area contributed by atoms with Gasteiger partial charge in [0.2, 0.25) is 0 Å². The van der Waals surface area contributed by atoms with Crippen molar-refractivity contribution in [3.63, 3.8) is 0 Å². The fraction of sp³-hybridized carbons (Fsp3) is 0.158. The molecule has 0 aliphatic carbocycles. The third kappa shape index (κ3) is 4.96. The molecule has 27 heavy (non-hydrogen) atoms. The minimum Gasteiger partial charge on any atom is -0.490 e. The molecule has 0 unspecified atom stereocenters. The molecular formula is C19H15Cl2NO3S2. The van der Waals surface area contributed by atoms with Crippen molar-refractivity contribution in [1.29, 1.82) is 0 Å². The largest absolute Gasteiger partial charge is 0.490 e. The normalized spacial score (nSPS) is 15.1. The number of hydrogen-bond acceptors (Lipinski definition) is 5. The zero-order chi connectivity index (χ0) is 19.4. The van der Waals surface area contributed by atoms with Gasteiger partial charge in [-0.1, -0.05) is 65.4 Å². The van der Waals surface area contributed by atoms with Crippen LogP contribution in [0.5, 0.6) is 11.5 Å². The molecule has 8 heteroatoms. The van der Waals surface area contributed by atoms with Crippen molar-refractivity contribution < 1.29 is 14.3 Å². The van der Waals surface area contributed by atoms with Gasteiger partial charge in [0, 0.05) is 10.6 Å². The van der Waals surface area contributed by atoms with E-state index >= 15 is 0 Å². The first-order chi connectivity index (χ1) is 13.0. The van der Waals surface area contributed by atoms with Crippen LogP contribution < -0.4 is 14.8 Å². The second-order valence-corrected chi connectivity index (χ2v) is 8.03. The van der Waals surface area contributed by atoms with Crippen molar-refractivity contribution in [2.45, 2.75) is 13.5 Å². The van der Waals surface area contributed by atoms with Gasteiger partial charge in [-0.05, 0) is 36.8 Å². The molecule has 0 saturated carbocycles. The van der Waals surface area contributed by atoms with Crippen LogP contribution in [0, 0.1) is 0 Å². The van der Waals surface area contributed by atoms with Crippen molar-refractivity contribution in [2.24, 2.45) is 0 Å². The van der Waals surface area contributed by atoms with Gasteiger partial charge in [-0.3, -0.25) is 4.79 Å². The Morgan fingerprint density at radius 2 is 1.96 bits per heavy atom.